The maximum Gasteiger partial charge on any atom is 0.109 e. The summed E-state index contributed by atoms with van der Waals surface area (Å²) in [4.78, 5) is 3.62. The lowest BCUT2D eigenvalue weighted by atomic mass is 10.1. The van der Waals surface area contributed by atoms with E-state index in [1.165, 1.54) is 31.1 Å². The van der Waals surface area contributed by atoms with E-state index in [0.29, 0.717) is 25.9 Å². The van der Waals surface area contributed by atoms with Crippen LogP contribution in [0.3, 0.4) is 0 Å². The minimum Gasteiger partial charge on any atom is -0.382 e. The molecule has 31 heavy (non-hydrogen) atoms. The highest BCUT2D eigenvalue weighted by atomic mass is 31.2. The van der Waals surface area contributed by atoms with E-state index >= 15 is 0 Å². The van der Waals surface area contributed by atoms with Crippen molar-refractivity contribution in [2.24, 2.45) is 0 Å². The smallest absolute Gasteiger partial charge is 0.109 e. The molecule has 1 fully saturated rings. The average molecular weight is 441 g/mol. The SMILES string of the molecule is COCCOCc1cc(NC2CCCC2)c2[nH]c(-c3ccc(P(C)(C)=O)cc3)cc2c1. The molecular weight excluding hydrogens is 407 g/mol. The molecule has 0 radical (unpaired) electrons. The summed E-state index contributed by atoms with van der Waals surface area (Å²) in [6.07, 6.45) is 5.03. The molecule has 0 bridgehead atoms. The van der Waals surface area contributed by atoms with Crippen LogP contribution < -0.4 is 10.6 Å². The Kier molecular flexibility index (Phi) is 6.86. The third-order valence-electron chi connectivity index (χ3n) is 6.00. The number of ether oxygens (including phenoxy) is 2. The fourth-order valence-corrected chi connectivity index (χ4v) is 5.15. The van der Waals surface area contributed by atoms with Gasteiger partial charge in [0.15, 0.2) is 0 Å². The van der Waals surface area contributed by atoms with Gasteiger partial charge in [-0.3, -0.25) is 0 Å². The van der Waals surface area contributed by atoms with Gasteiger partial charge >= 0.3 is 0 Å². The van der Waals surface area contributed by atoms with Gasteiger partial charge in [-0.25, -0.2) is 0 Å². The molecule has 2 aromatic carbocycles. The molecule has 1 heterocycles. The van der Waals surface area contributed by atoms with E-state index in [1.807, 2.05) is 25.5 Å². The summed E-state index contributed by atoms with van der Waals surface area (Å²) in [5.74, 6) is 0. The van der Waals surface area contributed by atoms with Crippen molar-refractivity contribution in [1.29, 1.82) is 0 Å². The number of hydrogen-bond acceptors (Lipinski definition) is 4. The first-order chi connectivity index (χ1) is 14.9. The third kappa shape index (κ3) is 5.41. The maximum absolute atomic E-state index is 12.3. The Morgan fingerprint density at radius 1 is 1.06 bits per heavy atom. The van der Waals surface area contributed by atoms with Gasteiger partial charge in [-0.2, -0.15) is 0 Å². The molecule has 0 unspecified atom stereocenters. The molecule has 1 aromatic heterocycles. The Bertz CT molecular complexity index is 1060. The Morgan fingerprint density at radius 3 is 2.48 bits per heavy atom. The molecule has 0 atom stereocenters. The molecule has 0 aliphatic heterocycles. The van der Waals surface area contributed by atoms with Crippen LogP contribution in [0.1, 0.15) is 31.2 Å². The molecule has 5 nitrogen and oxygen atoms in total. The lowest BCUT2D eigenvalue weighted by Crippen LogP contribution is -2.15. The summed E-state index contributed by atoms with van der Waals surface area (Å²) in [5.41, 5.74) is 5.59. The van der Waals surface area contributed by atoms with Gasteiger partial charge in [-0.1, -0.05) is 37.1 Å². The molecule has 166 valence electrons. The van der Waals surface area contributed by atoms with Gasteiger partial charge in [0.25, 0.3) is 0 Å². The van der Waals surface area contributed by atoms with Crippen LogP contribution in [0, 0.1) is 0 Å². The zero-order valence-electron chi connectivity index (χ0n) is 18.7. The van der Waals surface area contributed by atoms with E-state index in [-0.39, 0.29) is 0 Å². The molecule has 4 rings (SSSR count). The Labute approximate surface area is 184 Å². The van der Waals surface area contributed by atoms with Gasteiger partial charge in [0, 0.05) is 29.5 Å². The van der Waals surface area contributed by atoms with E-state index < -0.39 is 7.14 Å². The Balaban J connectivity index is 1.65. The van der Waals surface area contributed by atoms with Crippen LogP contribution in [0.25, 0.3) is 22.2 Å². The number of H-pyrrole nitrogens is 1. The zero-order valence-corrected chi connectivity index (χ0v) is 19.6. The normalized spacial score (nSPS) is 15.1. The van der Waals surface area contributed by atoms with E-state index in [4.69, 9.17) is 9.47 Å². The third-order valence-corrected chi connectivity index (χ3v) is 7.55. The summed E-state index contributed by atoms with van der Waals surface area (Å²) in [5, 5.41) is 5.85. The summed E-state index contributed by atoms with van der Waals surface area (Å²) in [6, 6.07) is 15.2. The van der Waals surface area contributed by atoms with Crippen LogP contribution >= 0.6 is 7.14 Å². The summed E-state index contributed by atoms with van der Waals surface area (Å²) in [6.45, 7) is 5.37. The largest absolute Gasteiger partial charge is 0.382 e. The van der Waals surface area contributed by atoms with Crippen LogP contribution in [-0.2, 0) is 20.6 Å². The Hall–Kier alpha value is -2.07. The number of hydrogen-bond donors (Lipinski definition) is 2. The molecule has 1 aliphatic rings. The number of fused-ring (bicyclic) bond motifs is 1. The fourth-order valence-electron chi connectivity index (χ4n) is 4.28. The molecule has 2 N–H and O–H groups in total. The number of anilines is 1. The second-order valence-corrected chi connectivity index (χ2v) is 12.1. The number of nitrogens with one attached hydrogen (secondary N) is 2. The molecule has 0 saturated heterocycles. The van der Waals surface area contributed by atoms with Crippen LogP contribution in [0.5, 0.6) is 0 Å². The fraction of sp³-hybridized carbons (Fsp3) is 0.440. The van der Waals surface area contributed by atoms with E-state index in [1.54, 1.807) is 7.11 Å². The monoisotopic (exact) mass is 440 g/mol. The topological polar surface area (TPSA) is 63.4 Å². The number of aromatic nitrogens is 1. The first-order valence-corrected chi connectivity index (χ1v) is 13.7. The minimum atomic E-state index is -2.25. The van der Waals surface area contributed by atoms with Crippen molar-refractivity contribution in [3.8, 4) is 11.3 Å². The second-order valence-electron chi connectivity index (χ2n) is 8.86. The molecule has 6 heteroatoms. The van der Waals surface area contributed by atoms with Crippen LogP contribution in [-0.4, -0.2) is 44.7 Å². The predicted molar refractivity (Wildman–Crippen MR) is 130 cm³/mol. The lowest BCUT2D eigenvalue weighted by molar-refractivity contribution is 0.0617. The molecule has 3 aromatic rings. The van der Waals surface area contributed by atoms with Gasteiger partial charge in [-0.15, -0.1) is 0 Å². The van der Waals surface area contributed by atoms with Crippen molar-refractivity contribution in [1.82, 2.24) is 4.98 Å². The van der Waals surface area contributed by atoms with Gasteiger partial charge in [0.05, 0.1) is 31.0 Å². The summed E-state index contributed by atoms with van der Waals surface area (Å²) < 4.78 is 23.2. The van der Waals surface area contributed by atoms with Crippen molar-refractivity contribution < 1.29 is 14.0 Å². The van der Waals surface area contributed by atoms with Crippen molar-refractivity contribution >= 4 is 29.0 Å². The highest BCUT2D eigenvalue weighted by Crippen LogP contribution is 2.36. The van der Waals surface area contributed by atoms with Gasteiger partial charge < -0.3 is 24.3 Å². The highest BCUT2D eigenvalue weighted by Gasteiger charge is 2.18. The van der Waals surface area contributed by atoms with E-state index in [2.05, 4.69) is 40.6 Å². The van der Waals surface area contributed by atoms with E-state index in [9.17, 15) is 4.57 Å². The predicted octanol–water partition coefficient (Wildman–Crippen LogP) is 5.60. The lowest BCUT2D eigenvalue weighted by Gasteiger charge is -2.16. The number of rotatable bonds is 9. The second kappa shape index (κ2) is 9.60. The molecule has 0 amide bonds. The minimum absolute atomic E-state index is 0.530. The van der Waals surface area contributed by atoms with E-state index in [0.717, 1.165) is 33.3 Å². The zero-order chi connectivity index (χ0) is 21.8. The number of benzene rings is 2. The van der Waals surface area contributed by atoms with Gasteiger partial charge in [0.1, 0.15) is 7.14 Å². The number of methoxy groups -OCH3 is 1. The van der Waals surface area contributed by atoms with Crippen molar-refractivity contribution in [2.75, 3.05) is 39.0 Å². The van der Waals surface area contributed by atoms with Crippen LogP contribution in [0.2, 0.25) is 0 Å². The van der Waals surface area contributed by atoms with Crippen molar-refractivity contribution in [3.05, 3.63) is 48.0 Å². The molecule has 1 saturated carbocycles. The highest BCUT2D eigenvalue weighted by molar-refractivity contribution is 7.70. The standard InChI is InChI=1S/C25H33N2O3P/c1-29-12-13-30-17-18-14-20-16-23(19-8-10-22(11-9-19)31(2,3)28)27-25(20)24(15-18)26-21-6-4-5-7-21/h8-11,14-16,21,26-27H,4-7,12-13,17H2,1-3H3. The van der Waals surface area contributed by atoms with Gasteiger partial charge in [-0.05, 0) is 55.5 Å². The quantitative estimate of drug-likeness (QED) is 0.336. The molecule has 1 aliphatic carbocycles. The number of aromatic amines is 1. The first-order valence-electron chi connectivity index (χ1n) is 11.1. The summed E-state index contributed by atoms with van der Waals surface area (Å²) in [7, 11) is -0.561. The van der Waals surface area contributed by atoms with Crippen LogP contribution in [0.4, 0.5) is 5.69 Å². The molecule has 0 spiro atoms. The molecular formula is C25H33N2O3P. The van der Waals surface area contributed by atoms with Crippen LogP contribution in [0.15, 0.2) is 42.5 Å². The summed E-state index contributed by atoms with van der Waals surface area (Å²) >= 11 is 0. The first kappa shape index (κ1) is 22.1. The van der Waals surface area contributed by atoms with Crippen molar-refractivity contribution in [2.45, 2.75) is 38.3 Å². The van der Waals surface area contributed by atoms with Gasteiger partial charge in [0.2, 0.25) is 0 Å². The maximum atomic E-state index is 12.3. The van der Waals surface area contributed by atoms with Crippen molar-refractivity contribution in [3.63, 3.8) is 0 Å². The average Bonchev–Trinajstić information content (AvgIpc) is 3.40. The Morgan fingerprint density at radius 2 is 1.81 bits per heavy atom.